The second-order valence-corrected chi connectivity index (χ2v) is 22.7. The third-order valence-corrected chi connectivity index (χ3v) is 17.4. The minimum Gasteiger partial charge on any atom is -0.310 e. The molecule has 0 amide bonds. The van der Waals surface area contributed by atoms with Crippen LogP contribution in [-0.2, 0) is 16.2 Å². The maximum Gasteiger partial charge on any atom is 0.0742 e. The number of nitrogens with zero attached hydrogens (tertiary/aromatic N) is 2. The van der Waals surface area contributed by atoms with Crippen LogP contribution < -0.4 is 4.90 Å². The van der Waals surface area contributed by atoms with E-state index >= 15 is 0 Å². The van der Waals surface area contributed by atoms with E-state index in [2.05, 4.69) is 327 Å². The van der Waals surface area contributed by atoms with E-state index in [0.29, 0.717) is 0 Å². The Morgan fingerprint density at radius 3 is 1.16 bits per heavy atom. The third-order valence-electron chi connectivity index (χ3n) is 17.4. The largest absolute Gasteiger partial charge is 0.310 e. The van der Waals surface area contributed by atoms with Crippen LogP contribution in [0.1, 0.15) is 70.8 Å². The van der Waals surface area contributed by atoms with Gasteiger partial charge in [0.2, 0.25) is 0 Å². The molecule has 15 rings (SSSR count). The Labute approximate surface area is 469 Å². The molecule has 380 valence electrons. The van der Waals surface area contributed by atoms with E-state index in [9.17, 15) is 0 Å². The lowest BCUT2D eigenvalue weighted by Crippen LogP contribution is -2.38. The van der Waals surface area contributed by atoms with Gasteiger partial charge in [0, 0.05) is 22.0 Å². The van der Waals surface area contributed by atoms with Crippen molar-refractivity contribution in [3.8, 4) is 39.1 Å². The molecule has 0 fully saturated rings. The zero-order chi connectivity index (χ0) is 53.6. The van der Waals surface area contributed by atoms with Gasteiger partial charge in [0.15, 0.2) is 0 Å². The number of anilines is 3. The summed E-state index contributed by atoms with van der Waals surface area (Å²) in [5.41, 5.74) is 23.7. The Bertz CT molecular complexity index is 4250. The summed E-state index contributed by atoms with van der Waals surface area (Å²) >= 11 is 0. The summed E-state index contributed by atoms with van der Waals surface area (Å²) in [5, 5.41) is 2.50. The van der Waals surface area contributed by atoms with Crippen molar-refractivity contribution < 1.29 is 0 Å². The first kappa shape index (κ1) is 47.5. The molecule has 0 bridgehead atoms. The molecular formula is C78H58N2. The van der Waals surface area contributed by atoms with E-state index in [1.165, 1.54) is 111 Å². The molecule has 1 aromatic heterocycles. The Morgan fingerprint density at radius 2 is 0.713 bits per heavy atom. The van der Waals surface area contributed by atoms with Gasteiger partial charge in [0.25, 0.3) is 0 Å². The molecule has 80 heavy (non-hydrogen) atoms. The summed E-state index contributed by atoms with van der Waals surface area (Å²) in [7, 11) is 0. The molecule has 0 saturated heterocycles. The van der Waals surface area contributed by atoms with Crippen molar-refractivity contribution >= 4 is 38.9 Å². The fourth-order valence-electron chi connectivity index (χ4n) is 14.1. The van der Waals surface area contributed by atoms with Crippen LogP contribution in [0.5, 0.6) is 0 Å². The highest BCUT2D eigenvalue weighted by Crippen LogP contribution is 2.63. The number of benzene rings is 12. The SMILES string of the molecule is CC(C)(C)c1ccc(-n2c3ccccc3c3ccccc32)c2c1C(c1ccccc1)(c1ccccc1)c1cc(N3c4ccc(-c5ccccc5)cc4C(c4ccccc4)(c4ccccc4)c4cc(-c5ccccc5)ccc43)ccc1-2. The second-order valence-electron chi connectivity index (χ2n) is 22.7. The predicted molar refractivity (Wildman–Crippen MR) is 334 cm³/mol. The van der Waals surface area contributed by atoms with Gasteiger partial charge < -0.3 is 9.47 Å². The first-order valence-electron chi connectivity index (χ1n) is 28.1. The minimum absolute atomic E-state index is 0.223. The highest BCUT2D eigenvalue weighted by atomic mass is 15.2. The maximum absolute atomic E-state index is 2.58. The Hall–Kier alpha value is -9.76. The molecule has 0 radical (unpaired) electrons. The van der Waals surface area contributed by atoms with Gasteiger partial charge in [0.05, 0.1) is 38.9 Å². The minimum atomic E-state index is -0.728. The van der Waals surface area contributed by atoms with Crippen LogP contribution in [0.15, 0.2) is 297 Å². The lowest BCUT2D eigenvalue weighted by molar-refractivity contribution is 0.572. The van der Waals surface area contributed by atoms with Gasteiger partial charge in [0.1, 0.15) is 0 Å². The molecule has 2 heterocycles. The summed E-state index contributed by atoms with van der Waals surface area (Å²) in [6.45, 7) is 7.16. The Balaban J connectivity index is 1.09. The molecule has 0 spiro atoms. The van der Waals surface area contributed by atoms with Gasteiger partial charge in [-0.15, -0.1) is 0 Å². The number of para-hydroxylation sites is 2. The molecular weight excluding hydrogens is 965 g/mol. The standard InChI is InChI=1S/C78H58N2/c1-76(2,3)65-46-49-73(80-69-40-24-22-38-62(69)63-39-23-25-41-70(63)80)74-64-45-44-61(52-66(64)78(75(65)74,59-34-18-8-19-35-59)60-36-20-9-21-37-60)79-71-47-42-55(53-26-10-4-11-27-53)50-67(71)77(57-30-14-6-15-31-57,58-32-16-7-17-33-58)68-51-56(43-48-72(68)79)54-28-12-5-13-29-54/h4-52H,1-3H3. The van der Waals surface area contributed by atoms with Crippen molar-refractivity contribution in [2.24, 2.45) is 0 Å². The smallest absolute Gasteiger partial charge is 0.0742 e. The van der Waals surface area contributed by atoms with Crippen molar-refractivity contribution in [3.63, 3.8) is 0 Å². The van der Waals surface area contributed by atoms with E-state index in [1.54, 1.807) is 0 Å². The van der Waals surface area contributed by atoms with Crippen LogP contribution in [0, 0.1) is 0 Å². The van der Waals surface area contributed by atoms with Crippen LogP contribution in [0.25, 0.3) is 60.9 Å². The molecule has 2 aliphatic rings. The van der Waals surface area contributed by atoms with Gasteiger partial charge in [-0.1, -0.05) is 263 Å². The van der Waals surface area contributed by atoms with Crippen molar-refractivity contribution in [3.05, 3.63) is 347 Å². The van der Waals surface area contributed by atoms with Crippen LogP contribution in [0.4, 0.5) is 17.1 Å². The molecule has 1 aliphatic heterocycles. The Morgan fingerprint density at radius 1 is 0.312 bits per heavy atom. The second kappa shape index (κ2) is 18.4. The Kier molecular flexibility index (Phi) is 10.9. The van der Waals surface area contributed by atoms with E-state index < -0.39 is 10.8 Å². The molecule has 12 aromatic carbocycles. The molecule has 2 heteroatoms. The molecule has 13 aromatic rings. The third kappa shape index (κ3) is 6.98. The lowest BCUT2D eigenvalue weighted by atomic mass is 9.61. The van der Waals surface area contributed by atoms with Crippen molar-refractivity contribution in [2.45, 2.75) is 37.0 Å². The van der Waals surface area contributed by atoms with Gasteiger partial charge >= 0.3 is 0 Å². The fraction of sp³-hybridized carbons (Fsp3) is 0.0769. The van der Waals surface area contributed by atoms with E-state index in [0.717, 1.165) is 17.1 Å². The topological polar surface area (TPSA) is 8.17 Å². The summed E-state index contributed by atoms with van der Waals surface area (Å²) < 4.78 is 2.54. The van der Waals surface area contributed by atoms with Crippen LogP contribution in [-0.4, -0.2) is 4.57 Å². The van der Waals surface area contributed by atoms with Crippen LogP contribution in [0.2, 0.25) is 0 Å². The number of fused-ring (bicyclic) bond motifs is 8. The zero-order valence-corrected chi connectivity index (χ0v) is 45.2. The summed E-state index contributed by atoms with van der Waals surface area (Å²) in [6.07, 6.45) is 0. The van der Waals surface area contributed by atoms with Crippen LogP contribution in [0.3, 0.4) is 0 Å². The summed E-state index contributed by atoms with van der Waals surface area (Å²) in [6, 6.07) is 112. The van der Waals surface area contributed by atoms with E-state index in [-0.39, 0.29) is 5.41 Å². The normalized spacial score (nSPS) is 13.9. The predicted octanol–water partition coefficient (Wildman–Crippen LogP) is 19.9. The van der Waals surface area contributed by atoms with Gasteiger partial charge in [-0.3, -0.25) is 0 Å². The van der Waals surface area contributed by atoms with E-state index in [1.807, 2.05) is 0 Å². The number of hydrogen-bond acceptors (Lipinski definition) is 1. The van der Waals surface area contributed by atoms with Crippen LogP contribution >= 0.6 is 0 Å². The zero-order valence-electron chi connectivity index (χ0n) is 45.2. The highest BCUT2D eigenvalue weighted by Gasteiger charge is 2.52. The molecule has 0 unspecified atom stereocenters. The van der Waals surface area contributed by atoms with Gasteiger partial charge in [-0.05, 0) is 138 Å². The highest BCUT2D eigenvalue weighted by molar-refractivity contribution is 6.10. The average molecular weight is 1020 g/mol. The first-order chi connectivity index (χ1) is 39.3. The average Bonchev–Trinajstić information content (AvgIpc) is 4.22. The summed E-state index contributed by atoms with van der Waals surface area (Å²) in [4.78, 5) is 2.58. The quantitative estimate of drug-likeness (QED) is 0.147. The molecule has 1 aliphatic carbocycles. The van der Waals surface area contributed by atoms with Gasteiger partial charge in [-0.25, -0.2) is 0 Å². The first-order valence-corrected chi connectivity index (χ1v) is 28.1. The monoisotopic (exact) mass is 1020 g/mol. The number of rotatable bonds is 8. The maximum atomic E-state index is 2.58. The van der Waals surface area contributed by atoms with E-state index in [4.69, 9.17) is 0 Å². The van der Waals surface area contributed by atoms with Crippen molar-refractivity contribution in [1.82, 2.24) is 4.57 Å². The summed E-state index contributed by atoms with van der Waals surface area (Å²) in [5.74, 6) is 0. The number of hydrogen-bond donors (Lipinski definition) is 0. The molecule has 0 saturated carbocycles. The molecule has 0 N–H and O–H groups in total. The number of aromatic nitrogens is 1. The van der Waals surface area contributed by atoms with Crippen molar-refractivity contribution in [2.75, 3.05) is 4.90 Å². The molecule has 2 nitrogen and oxygen atoms in total. The molecule has 0 atom stereocenters. The fourth-order valence-corrected chi connectivity index (χ4v) is 14.1. The lowest BCUT2D eigenvalue weighted by Gasteiger charge is -2.47. The van der Waals surface area contributed by atoms with Crippen molar-refractivity contribution in [1.29, 1.82) is 0 Å². The van der Waals surface area contributed by atoms with Gasteiger partial charge in [-0.2, -0.15) is 0 Å².